The van der Waals surface area contributed by atoms with Crippen molar-refractivity contribution in [2.24, 2.45) is 5.41 Å². The molecule has 1 aromatic heterocycles. The Morgan fingerprint density at radius 1 is 0.982 bits per heavy atom. The third-order valence-corrected chi connectivity index (χ3v) is 11.5. The van der Waals surface area contributed by atoms with Gasteiger partial charge in [-0.1, -0.05) is 57.5 Å². The predicted octanol–water partition coefficient (Wildman–Crippen LogP) is 4.33. The number of aromatic nitrogens is 1. The molecule has 4 heterocycles. The SMILES string of the molecule is Cc1ncsc1-c1ccc(CNC(=O)C2CCCN2C(=O)[C@@H](NC(=O)CCCCCNc2cccc3c2C(=O)N(C2CCC(=O)NC2=O)C3=O)C(C)(C)C)cc1. The number of piperidine rings is 1. The maximum atomic E-state index is 13.9. The molecule has 4 N–H and O–H groups in total. The second kappa shape index (κ2) is 17.1. The molecule has 296 valence electrons. The summed E-state index contributed by atoms with van der Waals surface area (Å²) in [6, 6.07) is 10.4. The first-order valence-corrected chi connectivity index (χ1v) is 20.1. The molecule has 0 spiro atoms. The minimum atomic E-state index is -1.04. The van der Waals surface area contributed by atoms with Gasteiger partial charge in [-0.25, -0.2) is 4.98 Å². The molecule has 0 aliphatic carbocycles. The molecule has 2 aromatic carbocycles. The average molecular weight is 784 g/mol. The maximum Gasteiger partial charge on any atom is 0.264 e. The van der Waals surface area contributed by atoms with E-state index in [0.717, 1.165) is 26.6 Å². The van der Waals surface area contributed by atoms with Crippen molar-refractivity contribution in [2.75, 3.05) is 18.4 Å². The molecule has 15 heteroatoms. The molecule has 56 heavy (non-hydrogen) atoms. The van der Waals surface area contributed by atoms with Crippen LogP contribution in [0.1, 0.15) is 104 Å². The Balaban J connectivity index is 0.957. The van der Waals surface area contributed by atoms with Crippen molar-refractivity contribution in [1.82, 2.24) is 30.7 Å². The first kappa shape index (κ1) is 40.2. The van der Waals surface area contributed by atoms with Gasteiger partial charge in [0.25, 0.3) is 11.8 Å². The van der Waals surface area contributed by atoms with E-state index in [0.29, 0.717) is 57.4 Å². The number of aryl methyl sites for hydroxylation is 1. The third kappa shape index (κ3) is 8.83. The molecule has 2 unspecified atom stereocenters. The largest absolute Gasteiger partial charge is 0.384 e. The number of thiazole rings is 1. The number of hydrogen-bond donors (Lipinski definition) is 4. The third-order valence-electron chi connectivity index (χ3n) is 10.5. The summed E-state index contributed by atoms with van der Waals surface area (Å²) in [5.74, 6) is -2.96. The van der Waals surface area contributed by atoms with Crippen LogP contribution in [0, 0.1) is 12.3 Å². The molecule has 0 saturated carbocycles. The number of imide groups is 2. The minimum absolute atomic E-state index is 0.0456. The van der Waals surface area contributed by atoms with E-state index < -0.39 is 47.2 Å². The van der Waals surface area contributed by atoms with Crippen LogP contribution >= 0.6 is 11.3 Å². The Morgan fingerprint density at radius 3 is 2.45 bits per heavy atom. The number of amides is 7. The molecular weight excluding hydrogens is 735 g/mol. The van der Waals surface area contributed by atoms with Gasteiger partial charge in [-0.05, 0) is 67.7 Å². The van der Waals surface area contributed by atoms with Crippen molar-refractivity contribution in [3.8, 4) is 10.4 Å². The summed E-state index contributed by atoms with van der Waals surface area (Å²) in [5, 5.41) is 11.4. The molecule has 7 amide bonds. The number of nitrogens with zero attached hydrogens (tertiary/aromatic N) is 3. The number of hydrogen-bond acceptors (Lipinski definition) is 10. The predicted molar refractivity (Wildman–Crippen MR) is 210 cm³/mol. The summed E-state index contributed by atoms with van der Waals surface area (Å²) in [6.45, 7) is 8.91. The van der Waals surface area contributed by atoms with Crippen LogP contribution in [0.25, 0.3) is 10.4 Å². The fourth-order valence-electron chi connectivity index (χ4n) is 7.48. The number of likely N-dealkylation sites (tertiary alicyclic amines) is 1. The quantitative estimate of drug-likeness (QED) is 0.136. The van der Waals surface area contributed by atoms with Gasteiger partial charge in [0.1, 0.15) is 18.1 Å². The number of anilines is 1. The zero-order chi connectivity index (χ0) is 40.1. The molecule has 3 atom stereocenters. The Bertz CT molecular complexity index is 2020. The van der Waals surface area contributed by atoms with Gasteiger partial charge in [-0.2, -0.15) is 0 Å². The number of nitrogens with one attached hydrogen (secondary N) is 4. The number of unbranched alkanes of at least 4 members (excludes halogenated alkanes) is 2. The van der Waals surface area contributed by atoms with Gasteiger partial charge in [0.15, 0.2) is 0 Å². The van der Waals surface area contributed by atoms with Gasteiger partial charge in [0, 0.05) is 38.2 Å². The normalized spacial score (nSPS) is 18.8. The standard InChI is InChI=1S/C41H49N7O7S/c1-24-34(56-23-44-24)26-16-14-25(15-17-26)22-43-36(51)29-12-9-21-47(29)40(55)35(41(2,3)4)45-31(49)13-6-5-7-20-42-28-11-8-10-27-33(28)39(54)48(38(27)53)30-18-19-32(50)46-37(30)52/h8,10-11,14-17,23,29-30,35,42H,5-7,9,12-13,18-22H2,1-4H3,(H,43,51)(H,45,49)(H,46,50,52)/t29?,30?,35-/m1/s1. The van der Waals surface area contributed by atoms with E-state index in [1.165, 1.54) is 0 Å². The lowest BCUT2D eigenvalue weighted by Crippen LogP contribution is -2.57. The Labute approximate surface area is 330 Å². The van der Waals surface area contributed by atoms with Gasteiger partial charge >= 0.3 is 0 Å². The highest BCUT2D eigenvalue weighted by Crippen LogP contribution is 2.33. The monoisotopic (exact) mass is 783 g/mol. The lowest BCUT2D eigenvalue weighted by Gasteiger charge is -2.35. The van der Waals surface area contributed by atoms with Crippen LogP contribution in [0.2, 0.25) is 0 Å². The molecule has 2 fully saturated rings. The fraction of sp³-hybridized carbons (Fsp3) is 0.463. The van der Waals surface area contributed by atoms with E-state index >= 15 is 0 Å². The van der Waals surface area contributed by atoms with Crippen molar-refractivity contribution >= 4 is 58.4 Å². The number of fused-ring (bicyclic) bond motifs is 1. The summed E-state index contributed by atoms with van der Waals surface area (Å²) in [7, 11) is 0. The lowest BCUT2D eigenvalue weighted by molar-refractivity contribution is -0.143. The summed E-state index contributed by atoms with van der Waals surface area (Å²) in [4.78, 5) is 98.9. The van der Waals surface area contributed by atoms with Gasteiger partial charge in [-0.15, -0.1) is 11.3 Å². The van der Waals surface area contributed by atoms with Crippen LogP contribution < -0.4 is 21.3 Å². The summed E-state index contributed by atoms with van der Waals surface area (Å²) in [5.41, 5.74) is 5.11. The molecular formula is C41H49N7O7S. The first-order chi connectivity index (χ1) is 26.7. The highest BCUT2D eigenvalue weighted by Gasteiger charge is 2.46. The molecule has 3 aromatic rings. The van der Waals surface area contributed by atoms with E-state index in [-0.39, 0.29) is 48.1 Å². The van der Waals surface area contributed by atoms with Crippen molar-refractivity contribution in [3.63, 3.8) is 0 Å². The Kier molecular flexibility index (Phi) is 12.3. The second-order valence-corrected chi connectivity index (χ2v) is 16.5. The zero-order valence-electron chi connectivity index (χ0n) is 32.2. The van der Waals surface area contributed by atoms with E-state index in [9.17, 15) is 33.6 Å². The molecule has 3 aliphatic rings. The molecule has 2 saturated heterocycles. The highest BCUT2D eigenvalue weighted by molar-refractivity contribution is 7.13. The van der Waals surface area contributed by atoms with Crippen molar-refractivity contribution in [2.45, 2.75) is 104 Å². The van der Waals surface area contributed by atoms with Crippen LogP contribution in [0.4, 0.5) is 5.69 Å². The van der Waals surface area contributed by atoms with Crippen molar-refractivity contribution in [1.29, 1.82) is 0 Å². The summed E-state index contributed by atoms with van der Waals surface area (Å²) >= 11 is 1.59. The van der Waals surface area contributed by atoms with E-state index in [2.05, 4.69) is 26.3 Å². The number of carbonyl (C=O) groups is 7. The lowest BCUT2D eigenvalue weighted by atomic mass is 9.85. The Hall–Kier alpha value is -5.44. The van der Waals surface area contributed by atoms with Gasteiger partial charge in [0.05, 0.1) is 27.2 Å². The second-order valence-electron chi connectivity index (χ2n) is 15.7. The first-order valence-electron chi connectivity index (χ1n) is 19.2. The zero-order valence-corrected chi connectivity index (χ0v) is 33.1. The van der Waals surface area contributed by atoms with E-state index in [1.807, 2.05) is 57.5 Å². The molecule has 3 aliphatic heterocycles. The van der Waals surface area contributed by atoms with Crippen LogP contribution in [-0.4, -0.2) is 87.3 Å². The highest BCUT2D eigenvalue weighted by atomic mass is 32.1. The molecule has 0 bridgehead atoms. The van der Waals surface area contributed by atoms with Crippen LogP contribution in [0.5, 0.6) is 0 Å². The smallest absolute Gasteiger partial charge is 0.264 e. The molecule has 14 nitrogen and oxygen atoms in total. The number of benzene rings is 2. The number of carbonyl (C=O) groups excluding carboxylic acids is 7. The average Bonchev–Trinajstić information content (AvgIpc) is 3.89. The fourth-order valence-corrected chi connectivity index (χ4v) is 8.29. The summed E-state index contributed by atoms with van der Waals surface area (Å²) < 4.78 is 0. The van der Waals surface area contributed by atoms with Gasteiger partial charge in [-0.3, -0.25) is 43.8 Å². The number of rotatable bonds is 14. The topological polar surface area (TPSA) is 187 Å². The van der Waals surface area contributed by atoms with Gasteiger partial charge < -0.3 is 20.9 Å². The van der Waals surface area contributed by atoms with E-state index in [1.54, 1.807) is 34.4 Å². The molecule has 0 radical (unpaired) electrons. The van der Waals surface area contributed by atoms with Crippen LogP contribution in [-0.2, 0) is 30.5 Å². The minimum Gasteiger partial charge on any atom is -0.384 e. The molecule has 6 rings (SSSR count). The van der Waals surface area contributed by atoms with E-state index in [4.69, 9.17) is 0 Å². The van der Waals surface area contributed by atoms with Crippen molar-refractivity contribution < 1.29 is 33.6 Å². The van der Waals surface area contributed by atoms with Crippen LogP contribution in [0.15, 0.2) is 48.0 Å². The summed E-state index contributed by atoms with van der Waals surface area (Å²) in [6.07, 6.45) is 3.49. The van der Waals surface area contributed by atoms with Gasteiger partial charge in [0.2, 0.25) is 29.5 Å². The van der Waals surface area contributed by atoms with Crippen LogP contribution in [0.3, 0.4) is 0 Å². The van der Waals surface area contributed by atoms with Crippen molar-refractivity contribution in [3.05, 3.63) is 70.4 Å². The maximum absolute atomic E-state index is 13.9. The Morgan fingerprint density at radius 2 is 1.75 bits per heavy atom.